The first-order chi connectivity index (χ1) is 10.7. The third kappa shape index (κ3) is 4.22. The van der Waals surface area contributed by atoms with E-state index in [1.165, 1.54) is 0 Å². The molecule has 0 radical (unpaired) electrons. The Hall–Kier alpha value is -2.08. The third-order valence-corrected chi connectivity index (χ3v) is 3.68. The van der Waals surface area contributed by atoms with Gasteiger partial charge in [-0.05, 0) is 51.5 Å². The van der Waals surface area contributed by atoms with Gasteiger partial charge in [0, 0.05) is 25.3 Å². The van der Waals surface area contributed by atoms with Crippen LogP contribution in [-0.4, -0.2) is 48.3 Å². The van der Waals surface area contributed by atoms with E-state index in [1.807, 2.05) is 32.6 Å². The van der Waals surface area contributed by atoms with Crippen molar-refractivity contribution in [2.24, 2.45) is 0 Å². The van der Waals surface area contributed by atoms with Crippen LogP contribution in [0.3, 0.4) is 0 Å². The van der Waals surface area contributed by atoms with Crippen molar-refractivity contribution in [1.82, 2.24) is 5.32 Å². The first-order valence-corrected chi connectivity index (χ1v) is 7.73. The van der Waals surface area contributed by atoms with Gasteiger partial charge >= 0.3 is 11.9 Å². The van der Waals surface area contributed by atoms with Crippen LogP contribution in [-0.2, 0) is 9.53 Å². The lowest BCUT2D eigenvalue weighted by Gasteiger charge is -2.38. The molecule has 1 saturated heterocycles. The van der Waals surface area contributed by atoms with E-state index in [9.17, 15) is 9.59 Å². The number of rotatable bonds is 3. The minimum Gasteiger partial charge on any atom is -0.478 e. The molecule has 126 valence electrons. The lowest BCUT2D eigenvalue weighted by Crippen LogP contribution is -2.56. The van der Waals surface area contributed by atoms with Crippen LogP contribution < -0.4 is 10.2 Å². The first-order valence-electron chi connectivity index (χ1n) is 7.73. The van der Waals surface area contributed by atoms with Gasteiger partial charge in [0.2, 0.25) is 0 Å². The lowest BCUT2D eigenvalue weighted by atomic mass is 10.1. The number of ether oxygens (including phenoxy) is 1. The van der Waals surface area contributed by atoms with E-state index in [1.54, 1.807) is 18.2 Å². The molecule has 0 spiro atoms. The molecule has 0 bridgehead atoms. The topological polar surface area (TPSA) is 78.9 Å². The van der Waals surface area contributed by atoms with Gasteiger partial charge in [-0.25, -0.2) is 9.59 Å². The maximum Gasteiger partial charge on any atom is 0.335 e. The van der Waals surface area contributed by atoms with Gasteiger partial charge in [-0.2, -0.15) is 0 Å². The second kappa shape index (κ2) is 6.58. The number of carboxylic acids is 1. The number of benzene rings is 1. The summed E-state index contributed by atoms with van der Waals surface area (Å²) in [5, 5.41) is 12.3. The summed E-state index contributed by atoms with van der Waals surface area (Å²) in [6.45, 7) is 9.33. The van der Waals surface area contributed by atoms with Crippen LogP contribution in [0.5, 0.6) is 0 Å². The molecule has 0 amide bonds. The number of aryl methyl sites for hydroxylation is 1. The summed E-state index contributed by atoms with van der Waals surface area (Å²) in [4.78, 5) is 25.5. The number of carboxylic acid groups (broad SMARTS) is 1. The highest BCUT2D eigenvalue weighted by Gasteiger charge is 2.33. The molecule has 2 rings (SSSR count). The Balaban J connectivity index is 2.28. The standard InChI is InChI=1S/C17H24N2O4/c1-11-9-12(15(20)21)5-6-13(11)19-8-7-18-10-14(19)16(22)23-17(2,3)4/h5-6,9,14,18H,7-8,10H2,1-4H3,(H,20,21). The highest BCUT2D eigenvalue weighted by molar-refractivity contribution is 5.89. The zero-order valence-electron chi connectivity index (χ0n) is 14.0. The number of piperazine rings is 1. The Morgan fingerprint density at radius 3 is 2.61 bits per heavy atom. The van der Waals surface area contributed by atoms with Crippen LogP contribution in [0.15, 0.2) is 18.2 Å². The quantitative estimate of drug-likeness (QED) is 0.827. The van der Waals surface area contributed by atoms with Gasteiger partial charge in [-0.15, -0.1) is 0 Å². The Bertz CT molecular complexity index is 607. The number of esters is 1. The molecule has 6 nitrogen and oxygen atoms in total. The summed E-state index contributed by atoms with van der Waals surface area (Å²) in [5.41, 5.74) is 1.41. The molecule has 6 heteroatoms. The van der Waals surface area contributed by atoms with E-state index in [4.69, 9.17) is 9.84 Å². The Kier molecular flexibility index (Phi) is 4.94. The number of hydrogen-bond donors (Lipinski definition) is 2. The zero-order chi connectivity index (χ0) is 17.2. The number of anilines is 1. The number of hydrogen-bond acceptors (Lipinski definition) is 5. The van der Waals surface area contributed by atoms with Gasteiger partial charge in [0.25, 0.3) is 0 Å². The molecule has 0 saturated carbocycles. The Morgan fingerprint density at radius 2 is 2.04 bits per heavy atom. The van der Waals surface area contributed by atoms with Crippen LogP contribution in [0.2, 0.25) is 0 Å². The van der Waals surface area contributed by atoms with Crippen molar-refractivity contribution in [2.75, 3.05) is 24.5 Å². The first kappa shape index (κ1) is 17.3. The molecule has 1 aromatic carbocycles. The summed E-state index contributed by atoms with van der Waals surface area (Å²) in [6, 6.07) is 4.55. The summed E-state index contributed by atoms with van der Waals surface area (Å²) >= 11 is 0. The Morgan fingerprint density at radius 1 is 1.35 bits per heavy atom. The summed E-state index contributed by atoms with van der Waals surface area (Å²) < 4.78 is 5.52. The second-order valence-electron chi connectivity index (χ2n) is 6.75. The predicted molar refractivity (Wildman–Crippen MR) is 88.0 cm³/mol. The van der Waals surface area contributed by atoms with Crippen LogP contribution >= 0.6 is 0 Å². The van der Waals surface area contributed by atoms with Crippen molar-refractivity contribution in [3.8, 4) is 0 Å². The van der Waals surface area contributed by atoms with Crippen LogP contribution in [0.4, 0.5) is 5.69 Å². The SMILES string of the molecule is Cc1cc(C(=O)O)ccc1N1CCNCC1C(=O)OC(C)(C)C. The normalized spacial score (nSPS) is 18.6. The molecule has 1 unspecified atom stereocenters. The van der Waals surface area contributed by atoms with Gasteiger partial charge < -0.3 is 20.1 Å². The molecule has 1 aliphatic rings. The van der Waals surface area contributed by atoms with E-state index < -0.39 is 17.6 Å². The zero-order valence-corrected chi connectivity index (χ0v) is 14.0. The average molecular weight is 320 g/mol. The molecule has 2 N–H and O–H groups in total. The number of aromatic carboxylic acids is 1. The molecule has 0 aliphatic carbocycles. The van der Waals surface area contributed by atoms with Gasteiger partial charge in [0.1, 0.15) is 11.6 Å². The van der Waals surface area contributed by atoms with Crippen molar-refractivity contribution in [3.05, 3.63) is 29.3 Å². The van der Waals surface area contributed by atoms with Crippen LogP contribution in [0, 0.1) is 6.92 Å². The molecular formula is C17H24N2O4. The molecule has 23 heavy (non-hydrogen) atoms. The predicted octanol–water partition coefficient (Wildman–Crippen LogP) is 1.81. The molecule has 1 aliphatic heterocycles. The molecule has 1 aromatic rings. The van der Waals surface area contributed by atoms with E-state index in [0.29, 0.717) is 13.1 Å². The number of nitrogens with one attached hydrogen (secondary N) is 1. The summed E-state index contributed by atoms with van der Waals surface area (Å²) in [6.07, 6.45) is 0. The Labute approximate surface area is 136 Å². The van der Waals surface area contributed by atoms with Crippen molar-refractivity contribution in [2.45, 2.75) is 39.3 Å². The third-order valence-electron chi connectivity index (χ3n) is 3.68. The van der Waals surface area contributed by atoms with Crippen molar-refractivity contribution in [3.63, 3.8) is 0 Å². The maximum atomic E-state index is 12.5. The van der Waals surface area contributed by atoms with E-state index in [2.05, 4.69) is 5.32 Å². The molecular weight excluding hydrogens is 296 g/mol. The van der Waals surface area contributed by atoms with Gasteiger partial charge in [0.05, 0.1) is 5.56 Å². The highest BCUT2D eigenvalue weighted by atomic mass is 16.6. The van der Waals surface area contributed by atoms with E-state index in [-0.39, 0.29) is 11.5 Å². The van der Waals surface area contributed by atoms with E-state index >= 15 is 0 Å². The highest BCUT2D eigenvalue weighted by Crippen LogP contribution is 2.25. The fourth-order valence-electron chi connectivity index (χ4n) is 2.68. The fraction of sp³-hybridized carbons (Fsp3) is 0.529. The molecule has 1 fully saturated rings. The maximum absolute atomic E-state index is 12.5. The number of carbonyl (C=O) groups excluding carboxylic acids is 1. The van der Waals surface area contributed by atoms with Crippen molar-refractivity contribution in [1.29, 1.82) is 0 Å². The second-order valence-corrected chi connectivity index (χ2v) is 6.75. The molecule has 0 aromatic heterocycles. The smallest absolute Gasteiger partial charge is 0.335 e. The number of nitrogens with zero attached hydrogens (tertiary/aromatic N) is 1. The monoisotopic (exact) mass is 320 g/mol. The average Bonchev–Trinajstić information content (AvgIpc) is 2.45. The van der Waals surface area contributed by atoms with Crippen LogP contribution in [0.25, 0.3) is 0 Å². The summed E-state index contributed by atoms with van der Waals surface area (Å²) in [7, 11) is 0. The molecule has 1 heterocycles. The van der Waals surface area contributed by atoms with Gasteiger partial charge in [0.15, 0.2) is 0 Å². The number of carbonyl (C=O) groups is 2. The van der Waals surface area contributed by atoms with Gasteiger partial charge in [-0.1, -0.05) is 0 Å². The van der Waals surface area contributed by atoms with E-state index in [0.717, 1.165) is 17.8 Å². The van der Waals surface area contributed by atoms with Crippen molar-refractivity contribution >= 4 is 17.6 Å². The fourth-order valence-corrected chi connectivity index (χ4v) is 2.68. The summed E-state index contributed by atoms with van der Waals surface area (Å²) in [5.74, 6) is -1.23. The van der Waals surface area contributed by atoms with Crippen LogP contribution in [0.1, 0.15) is 36.7 Å². The molecule has 1 atom stereocenters. The minimum absolute atomic E-state index is 0.246. The van der Waals surface area contributed by atoms with Crippen molar-refractivity contribution < 1.29 is 19.4 Å². The largest absolute Gasteiger partial charge is 0.478 e. The van der Waals surface area contributed by atoms with Gasteiger partial charge in [-0.3, -0.25) is 0 Å². The minimum atomic E-state index is -0.955. The lowest BCUT2D eigenvalue weighted by molar-refractivity contribution is -0.156.